The van der Waals surface area contributed by atoms with Crippen LogP contribution in [-0.2, 0) is 11.3 Å². The number of aryl methyl sites for hydroxylation is 1. The third-order valence-electron chi connectivity index (χ3n) is 9.32. The maximum absolute atomic E-state index is 12.5. The van der Waals surface area contributed by atoms with Crippen molar-refractivity contribution in [1.29, 1.82) is 0 Å². The topological polar surface area (TPSA) is 61.9 Å². The van der Waals surface area contributed by atoms with Crippen LogP contribution in [0.2, 0.25) is 0 Å². The van der Waals surface area contributed by atoms with Crippen LogP contribution in [0.1, 0.15) is 78.4 Å². The minimum atomic E-state index is -0.360. The Morgan fingerprint density at radius 1 is 0.844 bits per heavy atom. The number of benzene rings is 4. The number of methoxy groups -OCH3 is 1. The number of ether oxygens (including phenoxy) is 1. The van der Waals surface area contributed by atoms with Gasteiger partial charge in [-0.3, -0.25) is 0 Å². The van der Waals surface area contributed by atoms with Gasteiger partial charge in [0.25, 0.3) is 0 Å². The van der Waals surface area contributed by atoms with Crippen LogP contribution in [0.4, 0.5) is 0 Å². The summed E-state index contributed by atoms with van der Waals surface area (Å²) in [6.07, 6.45) is 8.26. The molecule has 0 N–H and O–H groups in total. The number of rotatable bonds is 8. The zero-order valence-corrected chi connectivity index (χ0v) is 27.3. The van der Waals surface area contributed by atoms with Crippen molar-refractivity contribution < 1.29 is 9.53 Å². The Morgan fingerprint density at radius 2 is 1.53 bits per heavy atom. The molecule has 0 atom stereocenters. The molecule has 0 unspecified atom stereocenters. The van der Waals surface area contributed by atoms with Crippen LogP contribution in [0.25, 0.3) is 33.5 Å². The van der Waals surface area contributed by atoms with E-state index in [4.69, 9.17) is 14.7 Å². The monoisotopic (exact) mass is 661 g/mol. The molecule has 6 nitrogen and oxygen atoms in total. The van der Waals surface area contributed by atoms with Gasteiger partial charge in [0.1, 0.15) is 0 Å². The molecular weight excluding hydrogens is 623 g/mol. The fourth-order valence-electron chi connectivity index (χ4n) is 7.12. The number of hydrogen-bond donors (Lipinski definition) is 0. The normalized spacial score (nSPS) is 14.3. The zero-order chi connectivity index (χ0) is 30.8. The van der Waals surface area contributed by atoms with Crippen molar-refractivity contribution in [3.8, 4) is 11.4 Å². The van der Waals surface area contributed by atoms with Gasteiger partial charge < -0.3 is 0 Å². The van der Waals surface area contributed by atoms with E-state index in [1.807, 2.05) is 18.2 Å². The second kappa shape index (κ2) is 13.0. The standard InChI is InChI=1S/C38H37N4O2Se/c1-44-37(43)28-21-22-34-33(25-28)39-36(41(34)24-23-30(26-13-6-4-7-14-26)27-15-8-5-9-16-27)31-19-12-20-32-35(31)42(38(45)40-32)29-17-10-2-3-11-18-29/h4-9,12-16,19-22,25,29-30H,2-3,10-11,17-18,23-24H2,1H3. The summed E-state index contributed by atoms with van der Waals surface area (Å²) in [6, 6.07) is 34.0. The number of imidazole rings is 2. The summed E-state index contributed by atoms with van der Waals surface area (Å²) in [6.45, 7) is 0.747. The van der Waals surface area contributed by atoms with E-state index in [1.165, 1.54) is 43.9 Å². The SMILES string of the molecule is COC(=O)c1ccc2c(c1)nc(-c1cccc3nc([Se])n(C4CCCCCC4)c13)n2CCC(c1ccccc1)c1ccccc1. The molecule has 1 saturated carbocycles. The van der Waals surface area contributed by atoms with Crippen molar-refractivity contribution in [2.45, 2.75) is 63.5 Å². The molecule has 45 heavy (non-hydrogen) atoms. The molecule has 2 heterocycles. The van der Waals surface area contributed by atoms with Crippen LogP contribution >= 0.6 is 0 Å². The molecular formula is C38H37N4O2Se. The Kier molecular flexibility index (Phi) is 8.55. The molecule has 0 saturated heterocycles. The van der Waals surface area contributed by atoms with Gasteiger partial charge in [0.15, 0.2) is 0 Å². The Balaban J connectivity index is 1.38. The number of carbonyl (C=O) groups is 1. The predicted molar refractivity (Wildman–Crippen MR) is 181 cm³/mol. The molecule has 1 aliphatic rings. The maximum atomic E-state index is 12.5. The van der Waals surface area contributed by atoms with Crippen molar-refractivity contribution in [2.75, 3.05) is 7.11 Å². The predicted octanol–water partition coefficient (Wildman–Crippen LogP) is 7.75. The fourth-order valence-corrected chi connectivity index (χ4v) is 7.83. The molecule has 2 aromatic heterocycles. The molecule has 0 amide bonds. The molecule has 0 bridgehead atoms. The Bertz CT molecular complexity index is 1900. The van der Waals surface area contributed by atoms with Crippen LogP contribution in [0, 0.1) is 0 Å². The Morgan fingerprint density at radius 3 is 2.20 bits per heavy atom. The Hall–Kier alpha value is -4.19. The van der Waals surface area contributed by atoms with Crippen molar-refractivity contribution in [3.05, 3.63) is 114 Å². The second-order valence-corrected chi connectivity index (χ2v) is 12.8. The van der Waals surface area contributed by atoms with E-state index < -0.39 is 0 Å². The molecule has 1 radical (unpaired) electrons. The summed E-state index contributed by atoms with van der Waals surface area (Å²) in [5.41, 5.74) is 8.04. The fraction of sp³-hybridized carbons (Fsp3) is 0.289. The van der Waals surface area contributed by atoms with E-state index in [1.54, 1.807) is 0 Å². The van der Waals surface area contributed by atoms with E-state index in [0.717, 1.165) is 64.0 Å². The molecule has 0 spiro atoms. The van der Waals surface area contributed by atoms with Crippen LogP contribution in [0.15, 0.2) is 97.1 Å². The molecule has 0 aliphatic heterocycles. The van der Waals surface area contributed by atoms with E-state index in [0.29, 0.717) is 11.6 Å². The number of fused-ring (bicyclic) bond motifs is 2. The number of aromatic nitrogens is 4. The van der Waals surface area contributed by atoms with Crippen LogP contribution in [-0.4, -0.2) is 48.2 Å². The van der Waals surface area contributed by atoms with Gasteiger partial charge in [0, 0.05) is 0 Å². The van der Waals surface area contributed by atoms with E-state index in [9.17, 15) is 4.79 Å². The first-order valence-corrected chi connectivity index (χ1v) is 16.8. The van der Waals surface area contributed by atoms with Gasteiger partial charge >= 0.3 is 261 Å². The van der Waals surface area contributed by atoms with Gasteiger partial charge in [-0.2, -0.15) is 0 Å². The number of carbonyl (C=O) groups excluding carboxylic acids is 1. The summed E-state index contributed by atoms with van der Waals surface area (Å²) in [5, 5.41) is 0. The first kappa shape index (κ1) is 29.5. The zero-order valence-electron chi connectivity index (χ0n) is 25.6. The summed E-state index contributed by atoms with van der Waals surface area (Å²) < 4.78 is 10.8. The number of para-hydroxylation sites is 1. The summed E-state index contributed by atoms with van der Waals surface area (Å²) >= 11 is 3.27. The van der Waals surface area contributed by atoms with Crippen LogP contribution in [0.3, 0.4) is 0 Å². The van der Waals surface area contributed by atoms with Crippen molar-refractivity contribution in [2.24, 2.45) is 0 Å². The van der Waals surface area contributed by atoms with E-state index in [2.05, 4.69) is 104 Å². The van der Waals surface area contributed by atoms with Gasteiger partial charge in [-0.1, -0.05) is 12.1 Å². The van der Waals surface area contributed by atoms with Crippen LogP contribution < -0.4 is 4.72 Å². The molecule has 1 aliphatic carbocycles. The Labute approximate surface area is 272 Å². The van der Waals surface area contributed by atoms with Gasteiger partial charge in [0.05, 0.1) is 0 Å². The third kappa shape index (κ3) is 5.83. The number of nitrogens with zero attached hydrogens (tertiary/aromatic N) is 4. The molecule has 7 rings (SSSR count). The minimum absolute atomic E-state index is 0.219. The second-order valence-electron chi connectivity index (χ2n) is 12.0. The van der Waals surface area contributed by atoms with Gasteiger partial charge in [0.2, 0.25) is 0 Å². The first-order valence-electron chi connectivity index (χ1n) is 16.0. The van der Waals surface area contributed by atoms with Crippen molar-refractivity contribution >= 4 is 48.8 Å². The quantitative estimate of drug-likeness (QED) is 0.0952. The molecule has 6 aromatic rings. The van der Waals surface area contributed by atoms with Gasteiger partial charge in [-0.05, 0) is 0 Å². The number of esters is 1. The average Bonchev–Trinajstić information content (AvgIpc) is 3.48. The molecule has 1 fully saturated rings. The number of hydrogen-bond acceptors (Lipinski definition) is 4. The van der Waals surface area contributed by atoms with E-state index in [-0.39, 0.29) is 11.9 Å². The summed E-state index contributed by atoms with van der Waals surface area (Å²) in [4.78, 5) is 22.8. The van der Waals surface area contributed by atoms with Gasteiger partial charge in [-0.25, -0.2) is 0 Å². The van der Waals surface area contributed by atoms with E-state index >= 15 is 0 Å². The van der Waals surface area contributed by atoms with Crippen molar-refractivity contribution in [1.82, 2.24) is 19.1 Å². The first-order chi connectivity index (χ1) is 22.1. The molecule has 4 aromatic carbocycles. The third-order valence-corrected chi connectivity index (χ3v) is 9.93. The van der Waals surface area contributed by atoms with Gasteiger partial charge in [-0.15, -0.1) is 0 Å². The molecule has 227 valence electrons. The average molecular weight is 661 g/mol. The van der Waals surface area contributed by atoms with Crippen LogP contribution in [0.5, 0.6) is 0 Å². The molecule has 7 heteroatoms. The summed E-state index contributed by atoms with van der Waals surface area (Å²) in [7, 11) is 1.42. The summed E-state index contributed by atoms with van der Waals surface area (Å²) in [5.74, 6) is 0.754. The van der Waals surface area contributed by atoms with Crippen molar-refractivity contribution in [3.63, 3.8) is 0 Å².